The van der Waals surface area contributed by atoms with Gasteiger partial charge in [-0.1, -0.05) is 36.1 Å². The molecule has 0 bridgehead atoms. The summed E-state index contributed by atoms with van der Waals surface area (Å²) >= 11 is 6.74. The number of amides is 1. The van der Waals surface area contributed by atoms with Crippen molar-refractivity contribution in [3.8, 4) is 0 Å². The quantitative estimate of drug-likeness (QED) is 0.617. The molecule has 1 atom stereocenters. The molecular formula is C17H20N2O2S2. The summed E-state index contributed by atoms with van der Waals surface area (Å²) in [6, 6.07) is 8.11. The topological polar surface area (TPSA) is 32.8 Å². The lowest BCUT2D eigenvalue weighted by molar-refractivity contribution is -0.123. The van der Waals surface area contributed by atoms with Crippen LogP contribution < -0.4 is 4.90 Å². The first kappa shape index (κ1) is 16.5. The van der Waals surface area contributed by atoms with Crippen LogP contribution in [0.2, 0.25) is 0 Å². The molecule has 1 aromatic rings. The van der Waals surface area contributed by atoms with Crippen molar-refractivity contribution in [1.29, 1.82) is 0 Å². The van der Waals surface area contributed by atoms with Gasteiger partial charge in [-0.3, -0.25) is 9.69 Å². The zero-order valence-corrected chi connectivity index (χ0v) is 15.0. The fraction of sp³-hybridized carbons (Fsp3) is 0.412. The molecule has 0 saturated carbocycles. The van der Waals surface area contributed by atoms with Crippen molar-refractivity contribution in [2.24, 2.45) is 0 Å². The molecule has 0 aromatic heterocycles. The van der Waals surface area contributed by atoms with Crippen LogP contribution in [0.3, 0.4) is 0 Å². The maximum absolute atomic E-state index is 12.6. The molecule has 0 spiro atoms. The number of benzene rings is 1. The van der Waals surface area contributed by atoms with Crippen molar-refractivity contribution in [3.63, 3.8) is 0 Å². The molecule has 0 radical (unpaired) electrons. The van der Waals surface area contributed by atoms with E-state index in [0.717, 1.165) is 30.7 Å². The Balaban J connectivity index is 1.72. The second-order valence-electron chi connectivity index (χ2n) is 5.91. The largest absolute Gasteiger partial charge is 0.378 e. The predicted molar refractivity (Wildman–Crippen MR) is 99.6 cm³/mol. The van der Waals surface area contributed by atoms with Gasteiger partial charge in [-0.25, -0.2) is 0 Å². The molecule has 1 aromatic carbocycles. The van der Waals surface area contributed by atoms with Crippen LogP contribution in [0.1, 0.15) is 18.4 Å². The number of thioether (sulfide) groups is 1. The SMILES string of the molecule is CN(C)c1ccc(/C=C2/SC(=S)N(CC3CCCO3)C2=O)cc1. The lowest BCUT2D eigenvalue weighted by atomic mass is 10.2. The molecule has 0 N–H and O–H groups in total. The summed E-state index contributed by atoms with van der Waals surface area (Å²) in [6.07, 6.45) is 4.10. The van der Waals surface area contributed by atoms with Gasteiger partial charge in [0.05, 0.1) is 17.6 Å². The van der Waals surface area contributed by atoms with Gasteiger partial charge in [-0.15, -0.1) is 0 Å². The maximum atomic E-state index is 12.6. The number of rotatable bonds is 4. The van der Waals surface area contributed by atoms with Gasteiger partial charge in [-0.2, -0.15) is 0 Å². The normalized spacial score (nSPS) is 23.1. The molecule has 1 amide bonds. The second kappa shape index (κ2) is 7.03. The van der Waals surface area contributed by atoms with E-state index in [-0.39, 0.29) is 12.0 Å². The lowest BCUT2D eigenvalue weighted by Gasteiger charge is -2.18. The van der Waals surface area contributed by atoms with Crippen LogP contribution in [0.15, 0.2) is 29.2 Å². The average Bonchev–Trinajstić information content (AvgIpc) is 3.12. The first-order valence-corrected chi connectivity index (χ1v) is 8.91. The van der Waals surface area contributed by atoms with Gasteiger partial charge in [0.1, 0.15) is 4.32 Å². The first-order chi connectivity index (χ1) is 11.0. The van der Waals surface area contributed by atoms with Crippen molar-refractivity contribution in [2.75, 3.05) is 32.1 Å². The molecule has 2 heterocycles. The van der Waals surface area contributed by atoms with E-state index in [4.69, 9.17) is 17.0 Å². The summed E-state index contributed by atoms with van der Waals surface area (Å²) in [4.78, 5) is 17.0. The summed E-state index contributed by atoms with van der Waals surface area (Å²) < 4.78 is 6.24. The van der Waals surface area contributed by atoms with E-state index in [1.165, 1.54) is 11.8 Å². The zero-order valence-electron chi connectivity index (χ0n) is 13.3. The number of thiocarbonyl (C=S) groups is 1. The predicted octanol–water partition coefficient (Wildman–Crippen LogP) is 3.13. The highest BCUT2D eigenvalue weighted by atomic mass is 32.2. The third-order valence-corrected chi connectivity index (χ3v) is 5.37. The van der Waals surface area contributed by atoms with E-state index < -0.39 is 0 Å². The minimum atomic E-state index is -0.00724. The number of anilines is 1. The molecule has 2 fully saturated rings. The third-order valence-electron chi connectivity index (χ3n) is 3.99. The van der Waals surface area contributed by atoms with E-state index in [1.54, 1.807) is 4.90 Å². The third kappa shape index (κ3) is 3.76. The van der Waals surface area contributed by atoms with Crippen molar-refractivity contribution in [1.82, 2.24) is 4.90 Å². The highest BCUT2D eigenvalue weighted by molar-refractivity contribution is 8.26. The fourth-order valence-electron chi connectivity index (χ4n) is 2.67. The molecule has 23 heavy (non-hydrogen) atoms. The van der Waals surface area contributed by atoms with E-state index in [1.807, 2.05) is 49.3 Å². The smallest absolute Gasteiger partial charge is 0.266 e. The van der Waals surface area contributed by atoms with Crippen LogP contribution in [0.5, 0.6) is 0 Å². The van der Waals surface area contributed by atoms with Gasteiger partial charge in [0, 0.05) is 26.4 Å². The van der Waals surface area contributed by atoms with Crippen LogP contribution in [0.25, 0.3) is 6.08 Å². The van der Waals surface area contributed by atoms with Crippen molar-refractivity contribution in [3.05, 3.63) is 34.7 Å². The standard InChI is InChI=1S/C17H20N2O2S2/c1-18(2)13-7-5-12(6-8-13)10-15-16(20)19(17(22)23-15)11-14-4-3-9-21-14/h5-8,10,14H,3-4,9,11H2,1-2H3/b15-10+. The molecule has 4 nitrogen and oxygen atoms in total. The van der Waals surface area contributed by atoms with Crippen molar-refractivity contribution >= 4 is 46.0 Å². The van der Waals surface area contributed by atoms with Gasteiger partial charge >= 0.3 is 0 Å². The van der Waals surface area contributed by atoms with Crippen molar-refractivity contribution < 1.29 is 9.53 Å². The van der Waals surface area contributed by atoms with E-state index in [2.05, 4.69) is 0 Å². The summed E-state index contributed by atoms with van der Waals surface area (Å²) in [5, 5.41) is 0. The molecule has 6 heteroatoms. The van der Waals surface area contributed by atoms with Crippen molar-refractivity contribution in [2.45, 2.75) is 18.9 Å². The number of nitrogens with zero attached hydrogens (tertiary/aromatic N) is 2. The molecule has 1 unspecified atom stereocenters. The van der Waals surface area contributed by atoms with Gasteiger partial charge in [-0.05, 0) is 36.6 Å². The summed E-state index contributed by atoms with van der Waals surface area (Å²) in [5.74, 6) is -0.00724. The lowest BCUT2D eigenvalue weighted by Crippen LogP contribution is -2.35. The van der Waals surface area contributed by atoms with Crippen LogP contribution in [-0.2, 0) is 9.53 Å². The zero-order chi connectivity index (χ0) is 16.4. The average molecular weight is 348 g/mol. The Hall–Kier alpha value is -1.37. The Kier molecular flexibility index (Phi) is 5.04. The minimum Gasteiger partial charge on any atom is -0.378 e. The first-order valence-electron chi connectivity index (χ1n) is 7.69. The molecule has 0 aliphatic carbocycles. The Bertz CT molecular complexity index is 634. The molecule has 2 saturated heterocycles. The second-order valence-corrected chi connectivity index (χ2v) is 7.59. The Morgan fingerprint density at radius 2 is 2.13 bits per heavy atom. The van der Waals surface area contributed by atoms with E-state index >= 15 is 0 Å². The highest BCUT2D eigenvalue weighted by Crippen LogP contribution is 2.33. The number of carbonyl (C=O) groups is 1. The summed E-state index contributed by atoms with van der Waals surface area (Å²) in [6.45, 7) is 1.36. The monoisotopic (exact) mass is 348 g/mol. The molecule has 3 rings (SSSR count). The highest BCUT2D eigenvalue weighted by Gasteiger charge is 2.34. The number of hydrogen-bond donors (Lipinski definition) is 0. The summed E-state index contributed by atoms with van der Waals surface area (Å²) in [7, 11) is 4.01. The Labute approximate surface area is 146 Å². The van der Waals surface area contributed by atoms with Gasteiger partial charge < -0.3 is 9.64 Å². The molecule has 2 aliphatic heterocycles. The molecule has 2 aliphatic rings. The molecule has 122 valence electrons. The minimum absolute atomic E-state index is 0.00724. The van der Waals surface area contributed by atoms with Crippen LogP contribution in [0.4, 0.5) is 5.69 Å². The maximum Gasteiger partial charge on any atom is 0.266 e. The van der Waals surface area contributed by atoms with Crippen LogP contribution in [0, 0.1) is 0 Å². The van der Waals surface area contributed by atoms with Gasteiger partial charge in [0.25, 0.3) is 5.91 Å². The fourth-order valence-corrected chi connectivity index (χ4v) is 3.94. The summed E-state index contributed by atoms with van der Waals surface area (Å²) in [5.41, 5.74) is 2.14. The molecular weight excluding hydrogens is 328 g/mol. The number of carbonyl (C=O) groups excluding carboxylic acids is 1. The van der Waals surface area contributed by atoms with E-state index in [9.17, 15) is 4.79 Å². The van der Waals surface area contributed by atoms with Gasteiger partial charge in [0.2, 0.25) is 0 Å². The number of hydrogen-bond acceptors (Lipinski definition) is 5. The number of ether oxygens (including phenoxy) is 1. The van der Waals surface area contributed by atoms with Gasteiger partial charge in [0.15, 0.2) is 0 Å². The van der Waals surface area contributed by atoms with Crippen LogP contribution in [-0.4, -0.2) is 48.5 Å². The van der Waals surface area contributed by atoms with E-state index in [0.29, 0.717) is 15.8 Å². The Morgan fingerprint density at radius 1 is 1.39 bits per heavy atom. The Morgan fingerprint density at radius 3 is 2.74 bits per heavy atom. The van der Waals surface area contributed by atoms with Crippen LogP contribution >= 0.6 is 24.0 Å².